The maximum absolute atomic E-state index is 13.2. The molecule has 0 aromatic heterocycles. The summed E-state index contributed by atoms with van der Waals surface area (Å²) in [5.74, 6) is -0.926. The number of hydrogen-bond donors (Lipinski definition) is 2. The second-order valence-corrected chi connectivity index (χ2v) is 5.89. The van der Waals surface area contributed by atoms with E-state index in [1.165, 1.54) is 12.1 Å². The van der Waals surface area contributed by atoms with Crippen LogP contribution >= 0.6 is 24.2 Å². The monoisotopic (exact) mass is 359 g/mol. The molecule has 1 amide bonds. The minimum absolute atomic E-state index is 0.119. The van der Waals surface area contributed by atoms with E-state index in [4.69, 9.17) is 11.6 Å². The highest BCUT2D eigenvalue weighted by atomic mass is 35.5. The van der Waals surface area contributed by atoms with Crippen LogP contribution in [-0.2, 0) is 4.79 Å². The average molecular weight is 360 g/mol. The van der Waals surface area contributed by atoms with Crippen LogP contribution in [0.4, 0.5) is 10.1 Å². The Morgan fingerprint density at radius 2 is 1.88 bits per heavy atom. The van der Waals surface area contributed by atoms with Gasteiger partial charge in [-0.1, -0.05) is 29.8 Å². The molecule has 4 nitrogen and oxygen atoms in total. The lowest BCUT2D eigenvalue weighted by Crippen LogP contribution is -2.46. The van der Waals surface area contributed by atoms with Gasteiger partial charge in [-0.2, -0.15) is 5.26 Å². The number of benzene rings is 2. The molecule has 0 bridgehead atoms. The lowest BCUT2D eigenvalue weighted by atomic mass is 10.1. The first-order valence-electron chi connectivity index (χ1n) is 6.96. The maximum atomic E-state index is 13.2. The number of rotatable bonds is 2. The predicted molar refractivity (Wildman–Crippen MR) is 92.8 cm³/mol. The van der Waals surface area contributed by atoms with Crippen molar-refractivity contribution in [1.82, 2.24) is 5.32 Å². The Kier molecular flexibility index (Phi) is 4.47. The number of thiol groups is 1. The SMILES string of the molecule is N#CC1=C(S)N(c2ccc(F)cc2)C(c2ccccc2Cl)NC1=O. The van der Waals surface area contributed by atoms with Crippen molar-refractivity contribution in [2.45, 2.75) is 6.17 Å². The first-order chi connectivity index (χ1) is 11.5. The van der Waals surface area contributed by atoms with Gasteiger partial charge in [0, 0.05) is 16.3 Å². The molecule has 0 aliphatic carbocycles. The van der Waals surface area contributed by atoms with Crippen molar-refractivity contribution in [3.63, 3.8) is 0 Å². The van der Waals surface area contributed by atoms with Crippen molar-refractivity contribution in [1.29, 1.82) is 5.26 Å². The Balaban J connectivity index is 2.18. The number of carbonyl (C=O) groups excluding carboxylic acids is 1. The van der Waals surface area contributed by atoms with Crippen LogP contribution in [-0.4, -0.2) is 5.91 Å². The Labute approximate surface area is 148 Å². The largest absolute Gasteiger partial charge is 0.327 e. The summed E-state index contributed by atoms with van der Waals surface area (Å²) in [6.45, 7) is 0. The van der Waals surface area contributed by atoms with Gasteiger partial charge in [0.05, 0.1) is 5.03 Å². The van der Waals surface area contributed by atoms with E-state index in [9.17, 15) is 14.4 Å². The molecule has 1 N–H and O–H groups in total. The topological polar surface area (TPSA) is 56.1 Å². The van der Waals surface area contributed by atoms with Crippen LogP contribution in [0.3, 0.4) is 0 Å². The lowest BCUT2D eigenvalue weighted by molar-refractivity contribution is -0.118. The molecule has 0 saturated heterocycles. The van der Waals surface area contributed by atoms with Gasteiger partial charge in [-0.15, -0.1) is 12.6 Å². The smallest absolute Gasteiger partial charge is 0.266 e. The quantitative estimate of drug-likeness (QED) is 0.802. The molecular weight excluding hydrogens is 349 g/mol. The normalized spacial score (nSPS) is 17.5. The molecule has 0 spiro atoms. The number of nitriles is 1. The van der Waals surface area contributed by atoms with E-state index < -0.39 is 12.1 Å². The second-order valence-electron chi connectivity index (χ2n) is 5.05. The van der Waals surface area contributed by atoms with Gasteiger partial charge in [0.2, 0.25) is 0 Å². The van der Waals surface area contributed by atoms with Crippen LogP contribution in [0, 0.1) is 17.1 Å². The highest BCUT2D eigenvalue weighted by molar-refractivity contribution is 7.84. The third-order valence-electron chi connectivity index (χ3n) is 3.62. The third-order valence-corrected chi connectivity index (χ3v) is 4.40. The molecule has 7 heteroatoms. The average Bonchev–Trinajstić information content (AvgIpc) is 2.56. The fourth-order valence-electron chi connectivity index (χ4n) is 2.49. The molecule has 120 valence electrons. The van der Waals surface area contributed by atoms with E-state index in [1.807, 2.05) is 6.07 Å². The molecule has 3 rings (SSSR count). The van der Waals surface area contributed by atoms with Crippen LogP contribution in [0.25, 0.3) is 0 Å². The second kappa shape index (κ2) is 6.56. The van der Waals surface area contributed by atoms with Crippen molar-refractivity contribution >= 4 is 35.8 Å². The van der Waals surface area contributed by atoms with Crippen LogP contribution in [0.1, 0.15) is 11.7 Å². The lowest BCUT2D eigenvalue weighted by Gasteiger charge is -2.38. The highest BCUT2D eigenvalue weighted by Crippen LogP contribution is 2.37. The standard InChI is InChI=1S/C17H11ClFN3OS/c18-14-4-2-1-3-12(14)15-21-16(23)13(9-20)17(24)22(15)11-7-5-10(19)6-8-11/h1-8,15,24H,(H,21,23). The molecular formula is C17H11ClFN3OS. The van der Waals surface area contributed by atoms with E-state index in [1.54, 1.807) is 41.3 Å². The molecule has 1 atom stereocenters. The summed E-state index contributed by atoms with van der Waals surface area (Å²) < 4.78 is 13.2. The van der Waals surface area contributed by atoms with E-state index in [0.717, 1.165) is 0 Å². The number of nitrogens with one attached hydrogen (secondary N) is 1. The van der Waals surface area contributed by atoms with E-state index in [0.29, 0.717) is 16.3 Å². The van der Waals surface area contributed by atoms with Gasteiger partial charge in [-0.3, -0.25) is 4.79 Å². The first kappa shape index (κ1) is 16.4. The predicted octanol–water partition coefficient (Wildman–Crippen LogP) is 3.78. The van der Waals surface area contributed by atoms with Crippen LogP contribution in [0.2, 0.25) is 5.02 Å². The summed E-state index contributed by atoms with van der Waals surface area (Å²) in [7, 11) is 0. The molecule has 1 heterocycles. The number of hydrogen-bond acceptors (Lipinski definition) is 4. The number of carbonyl (C=O) groups is 1. The number of nitrogens with zero attached hydrogens (tertiary/aromatic N) is 2. The van der Waals surface area contributed by atoms with E-state index >= 15 is 0 Å². The molecule has 0 fully saturated rings. The fraction of sp³-hybridized carbons (Fsp3) is 0.0588. The fourth-order valence-corrected chi connectivity index (χ4v) is 3.11. The molecule has 0 saturated carbocycles. The van der Waals surface area contributed by atoms with Gasteiger partial charge in [0.15, 0.2) is 0 Å². The third kappa shape index (κ3) is 2.84. The zero-order valence-corrected chi connectivity index (χ0v) is 13.9. The molecule has 1 aliphatic rings. The Bertz CT molecular complexity index is 876. The summed E-state index contributed by atoms with van der Waals surface area (Å²) in [4.78, 5) is 13.8. The van der Waals surface area contributed by atoms with Crippen LogP contribution < -0.4 is 10.2 Å². The molecule has 24 heavy (non-hydrogen) atoms. The zero-order chi connectivity index (χ0) is 17.3. The van der Waals surface area contributed by atoms with Crippen LogP contribution in [0.5, 0.6) is 0 Å². The zero-order valence-electron chi connectivity index (χ0n) is 12.2. The van der Waals surface area contributed by atoms with Crippen molar-refractivity contribution in [3.8, 4) is 6.07 Å². The van der Waals surface area contributed by atoms with Gasteiger partial charge in [0.1, 0.15) is 23.6 Å². The van der Waals surface area contributed by atoms with Crippen molar-refractivity contribution in [2.24, 2.45) is 0 Å². The summed E-state index contributed by atoms with van der Waals surface area (Å²) in [6, 6.07) is 14.6. The summed E-state index contributed by atoms with van der Waals surface area (Å²) in [6.07, 6.45) is -0.665. The Morgan fingerprint density at radius 1 is 1.21 bits per heavy atom. The summed E-state index contributed by atoms with van der Waals surface area (Å²) >= 11 is 10.6. The van der Waals surface area contributed by atoms with Gasteiger partial charge < -0.3 is 10.2 Å². The minimum Gasteiger partial charge on any atom is -0.327 e. The Morgan fingerprint density at radius 3 is 2.50 bits per heavy atom. The first-order valence-corrected chi connectivity index (χ1v) is 7.79. The van der Waals surface area contributed by atoms with Crippen molar-refractivity contribution in [2.75, 3.05) is 4.90 Å². The maximum Gasteiger partial charge on any atom is 0.266 e. The van der Waals surface area contributed by atoms with Crippen molar-refractivity contribution < 1.29 is 9.18 Å². The molecule has 2 aromatic rings. The van der Waals surface area contributed by atoms with Crippen LogP contribution in [0.15, 0.2) is 59.1 Å². The minimum atomic E-state index is -0.665. The molecule has 1 unspecified atom stereocenters. The van der Waals surface area contributed by atoms with Gasteiger partial charge in [-0.05, 0) is 30.3 Å². The summed E-state index contributed by atoms with van der Waals surface area (Å²) in [5.41, 5.74) is 1.09. The van der Waals surface area contributed by atoms with Gasteiger partial charge in [0.25, 0.3) is 5.91 Å². The summed E-state index contributed by atoms with van der Waals surface area (Å²) in [5, 5.41) is 12.6. The van der Waals surface area contributed by atoms with Gasteiger partial charge in [-0.25, -0.2) is 4.39 Å². The van der Waals surface area contributed by atoms with E-state index in [-0.39, 0.29) is 16.4 Å². The van der Waals surface area contributed by atoms with E-state index in [2.05, 4.69) is 17.9 Å². The number of amides is 1. The molecule has 0 radical (unpaired) electrons. The van der Waals surface area contributed by atoms with Crippen molar-refractivity contribution in [3.05, 3.63) is 75.5 Å². The molecule has 1 aliphatic heterocycles. The number of anilines is 1. The Hall–Kier alpha value is -2.49. The molecule has 2 aromatic carbocycles. The highest BCUT2D eigenvalue weighted by Gasteiger charge is 2.34. The number of halogens is 2. The van der Waals surface area contributed by atoms with Gasteiger partial charge >= 0.3 is 0 Å².